The Kier molecular flexibility index (Phi) is 3.08. The molecule has 1 saturated heterocycles. The van der Waals surface area contributed by atoms with Crippen molar-refractivity contribution in [2.24, 2.45) is 0 Å². The maximum absolute atomic E-state index is 12.3. The minimum Gasteiger partial charge on any atom is -0.397 e. The molecule has 0 saturated carbocycles. The van der Waals surface area contributed by atoms with Gasteiger partial charge in [-0.15, -0.1) is 16.4 Å². The number of likely N-dealkylation sites (N-methyl/N-ethyl adjacent to an activating group) is 1. The normalized spacial score (nSPS) is 19.9. The first-order valence-electron chi connectivity index (χ1n) is 6.14. The van der Waals surface area contributed by atoms with Crippen LogP contribution in [0, 0.1) is 0 Å². The van der Waals surface area contributed by atoms with Crippen LogP contribution in [0.4, 0.5) is 5.69 Å². The van der Waals surface area contributed by atoms with Gasteiger partial charge in [-0.2, -0.15) is 5.10 Å². The topological polar surface area (TPSA) is 84.1 Å². The maximum Gasteiger partial charge on any atom is 0.263 e. The van der Waals surface area contributed by atoms with E-state index in [1.807, 2.05) is 0 Å². The quantitative estimate of drug-likeness (QED) is 0.844. The molecule has 19 heavy (non-hydrogen) atoms. The molecule has 1 unspecified atom stereocenters. The first kappa shape index (κ1) is 12.3. The Morgan fingerprint density at radius 3 is 3.16 bits per heavy atom. The van der Waals surface area contributed by atoms with Gasteiger partial charge in [-0.25, -0.2) is 0 Å². The second-order valence-electron chi connectivity index (χ2n) is 4.82. The summed E-state index contributed by atoms with van der Waals surface area (Å²) >= 11 is 1.29. The molecule has 0 aromatic carbocycles. The third-order valence-electron chi connectivity index (χ3n) is 3.35. The largest absolute Gasteiger partial charge is 0.397 e. The standard InChI is InChI=1S/C12H15N5OS/c1-17-5-3-7(6-17)15-11(18)10-9(13)8-2-4-14-16-12(8)19-10/h2,4,7H,3,5-6,13H2,1H3,(H,15,18). The molecule has 2 aromatic heterocycles. The lowest BCUT2D eigenvalue weighted by atomic mass is 10.2. The summed E-state index contributed by atoms with van der Waals surface area (Å²) in [5.41, 5.74) is 6.51. The number of likely N-dealkylation sites (tertiary alicyclic amines) is 1. The number of nitrogen functional groups attached to an aromatic ring is 1. The second-order valence-corrected chi connectivity index (χ2v) is 5.82. The summed E-state index contributed by atoms with van der Waals surface area (Å²) in [6.45, 7) is 1.90. The van der Waals surface area contributed by atoms with E-state index in [9.17, 15) is 4.79 Å². The van der Waals surface area contributed by atoms with Gasteiger partial charge in [-0.05, 0) is 26.1 Å². The number of hydrogen-bond donors (Lipinski definition) is 2. The number of carbonyl (C=O) groups excluding carboxylic acids is 1. The SMILES string of the molecule is CN1CCC(NC(=O)c2sc3nnccc3c2N)C1. The number of fused-ring (bicyclic) bond motifs is 1. The minimum absolute atomic E-state index is 0.110. The van der Waals surface area contributed by atoms with Crippen LogP contribution in [0.2, 0.25) is 0 Å². The zero-order valence-corrected chi connectivity index (χ0v) is 11.4. The smallest absolute Gasteiger partial charge is 0.263 e. The Bertz CT molecular complexity index is 626. The Morgan fingerprint density at radius 1 is 1.63 bits per heavy atom. The highest BCUT2D eigenvalue weighted by atomic mass is 32.1. The number of anilines is 1. The van der Waals surface area contributed by atoms with E-state index in [1.54, 1.807) is 12.3 Å². The van der Waals surface area contributed by atoms with Gasteiger partial charge in [0, 0.05) is 18.0 Å². The molecule has 3 heterocycles. The first-order chi connectivity index (χ1) is 9.15. The van der Waals surface area contributed by atoms with Crippen molar-refractivity contribution in [3.63, 3.8) is 0 Å². The molecule has 100 valence electrons. The number of amides is 1. The average Bonchev–Trinajstić information content (AvgIpc) is 2.94. The monoisotopic (exact) mass is 277 g/mol. The molecule has 1 fully saturated rings. The summed E-state index contributed by atoms with van der Waals surface area (Å²) in [7, 11) is 2.05. The molecule has 0 bridgehead atoms. The van der Waals surface area contributed by atoms with Gasteiger partial charge in [0.2, 0.25) is 0 Å². The van der Waals surface area contributed by atoms with Gasteiger partial charge in [-0.1, -0.05) is 0 Å². The van der Waals surface area contributed by atoms with Crippen molar-refractivity contribution in [2.75, 3.05) is 25.9 Å². The number of thiophene rings is 1. The van der Waals surface area contributed by atoms with Crippen molar-refractivity contribution in [3.05, 3.63) is 17.1 Å². The van der Waals surface area contributed by atoms with E-state index in [0.29, 0.717) is 15.4 Å². The highest BCUT2D eigenvalue weighted by Crippen LogP contribution is 2.31. The summed E-state index contributed by atoms with van der Waals surface area (Å²) in [5, 5.41) is 11.6. The lowest BCUT2D eigenvalue weighted by Gasteiger charge is -2.12. The van der Waals surface area contributed by atoms with Gasteiger partial charge in [0.25, 0.3) is 5.91 Å². The van der Waals surface area contributed by atoms with E-state index in [-0.39, 0.29) is 11.9 Å². The van der Waals surface area contributed by atoms with Crippen LogP contribution in [-0.2, 0) is 0 Å². The fourth-order valence-electron chi connectivity index (χ4n) is 2.35. The van der Waals surface area contributed by atoms with Crippen LogP contribution in [0.5, 0.6) is 0 Å². The van der Waals surface area contributed by atoms with Crippen molar-refractivity contribution in [3.8, 4) is 0 Å². The maximum atomic E-state index is 12.3. The minimum atomic E-state index is -0.110. The molecule has 3 rings (SSSR count). The molecule has 1 aliphatic rings. The Morgan fingerprint density at radius 2 is 2.47 bits per heavy atom. The predicted molar refractivity (Wildman–Crippen MR) is 75.2 cm³/mol. The molecule has 0 spiro atoms. The Balaban J connectivity index is 1.83. The van der Waals surface area contributed by atoms with Crippen molar-refractivity contribution in [2.45, 2.75) is 12.5 Å². The van der Waals surface area contributed by atoms with Crippen molar-refractivity contribution in [1.29, 1.82) is 0 Å². The van der Waals surface area contributed by atoms with Gasteiger partial charge < -0.3 is 16.0 Å². The van der Waals surface area contributed by atoms with Gasteiger partial charge in [0.15, 0.2) is 0 Å². The lowest BCUT2D eigenvalue weighted by Crippen LogP contribution is -2.36. The van der Waals surface area contributed by atoms with E-state index in [0.717, 1.165) is 24.9 Å². The molecule has 0 aliphatic carbocycles. The van der Waals surface area contributed by atoms with Gasteiger partial charge in [0.1, 0.15) is 9.71 Å². The number of nitrogens with two attached hydrogens (primary N) is 1. The molecular formula is C12H15N5OS. The van der Waals surface area contributed by atoms with E-state index in [4.69, 9.17) is 5.73 Å². The van der Waals surface area contributed by atoms with Crippen LogP contribution >= 0.6 is 11.3 Å². The second kappa shape index (κ2) is 4.75. The fourth-order valence-corrected chi connectivity index (χ4v) is 3.29. The van der Waals surface area contributed by atoms with Crippen LogP contribution in [0.15, 0.2) is 12.3 Å². The van der Waals surface area contributed by atoms with Crippen LogP contribution in [-0.4, -0.2) is 47.2 Å². The zero-order chi connectivity index (χ0) is 13.4. The van der Waals surface area contributed by atoms with Gasteiger partial charge >= 0.3 is 0 Å². The van der Waals surface area contributed by atoms with Crippen LogP contribution in [0.25, 0.3) is 10.2 Å². The van der Waals surface area contributed by atoms with Crippen LogP contribution < -0.4 is 11.1 Å². The molecule has 1 atom stereocenters. The molecule has 3 N–H and O–H groups in total. The van der Waals surface area contributed by atoms with Crippen LogP contribution in [0.3, 0.4) is 0 Å². The van der Waals surface area contributed by atoms with Gasteiger partial charge in [0.05, 0.1) is 11.9 Å². The molecule has 1 aliphatic heterocycles. The van der Waals surface area contributed by atoms with Crippen molar-refractivity contribution >= 4 is 33.1 Å². The predicted octanol–water partition coefficient (Wildman–Crippen LogP) is 0.707. The fraction of sp³-hybridized carbons (Fsp3) is 0.417. The molecule has 1 amide bonds. The third-order valence-corrected chi connectivity index (χ3v) is 4.46. The Hall–Kier alpha value is -1.73. The summed E-state index contributed by atoms with van der Waals surface area (Å²) in [5.74, 6) is -0.110. The number of hydrogen-bond acceptors (Lipinski definition) is 6. The number of nitrogens with zero attached hydrogens (tertiary/aromatic N) is 3. The van der Waals surface area contributed by atoms with Gasteiger partial charge in [-0.3, -0.25) is 4.79 Å². The van der Waals surface area contributed by atoms with Crippen molar-refractivity contribution in [1.82, 2.24) is 20.4 Å². The summed E-state index contributed by atoms with van der Waals surface area (Å²) in [6, 6.07) is 1.99. The first-order valence-corrected chi connectivity index (χ1v) is 6.96. The van der Waals surface area contributed by atoms with Crippen molar-refractivity contribution < 1.29 is 4.79 Å². The van der Waals surface area contributed by atoms with E-state index >= 15 is 0 Å². The van der Waals surface area contributed by atoms with E-state index < -0.39 is 0 Å². The lowest BCUT2D eigenvalue weighted by molar-refractivity contribution is 0.0943. The number of carbonyl (C=O) groups is 1. The number of rotatable bonds is 2. The molecule has 2 aromatic rings. The van der Waals surface area contributed by atoms with E-state index in [2.05, 4.69) is 27.5 Å². The molecule has 6 nitrogen and oxygen atoms in total. The number of aromatic nitrogens is 2. The third kappa shape index (κ3) is 2.26. The molecule has 0 radical (unpaired) electrons. The van der Waals surface area contributed by atoms with Crippen LogP contribution in [0.1, 0.15) is 16.1 Å². The van der Waals surface area contributed by atoms with E-state index in [1.165, 1.54) is 11.3 Å². The summed E-state index contributed by atoms with van der Waals surface area (Å²) in [6.07, 6.45) is 2.56. The average molecular weight is 277 g/mol. The highest BCUT2D eigenvalue weighted by molar-refractivity contribution is 7.21. The highest BCUT2D eigenvalue weighted by Gasteiger charge is 2.24. The zero-order valence-electron chi connectivity index (χ0n) is 10.6. The number of nitrogens with one attached hydrogen (secondary N) is 1. The molecular weight excluding hydrogens is 262 g/mol. The Labute approximate surface area is 114 Å². The molecule has 7 heteroatoms. The summed E-state index contributed by atoms with van der Waals surface area (Å²) in [4.78, 5) is 15.7. The summed E-state index contributed by atoms with van der Waals surface area (Å²) < 4.78 is 0.